The summed E-state index contributed by atoms with van der Waals surface area (Å²) >= 11 is 0. The number of carbonyl (C=O) groups excluding carboxylic acids is 1. The van der Waals surface area contributed by atoms with Gasteiger partial charge in [-0.05, 0) is 24.5 Å². The van der Waals surface area contributed by atoms with Gasteiger partial charge >= 0.3 is 6.18 Å². The minimum Gasteiger partial charge on any atom is -0.396 e. The van der Waals surface area contributed by atoms with Crippen molar-refractivity contribution < 1.29 is 23.1 Å². The smallest absolute Gasteiger partial charge is 0.396 e. The third-order valence-corrected chi connectivity index (χ3v) is 3.20. The Morgan fingerprint density at radius 2 is 1.90 bits per heavy atom. The quantitative estimate of drug-likeness (QED) is 0.874. The molecule has 2 atom stereocenters. The lowest BCUT2D eigenvalue weighted by molar-refractivity contribution is -0.138. The van der Waals surface area contributed by atoms with Crippen molar-refractivity contribution in [3.8, 4) is 0 Å². The third-order valence-electron chi connectivity index (χ3n) is 3.20. The Morgan fingerprint density at radius 3 is 2.45 bits per heavy atom. The zero-order chi connectivity index (χ0) is 15.3. The molecule has 0 saturated carbocycles. The molecule has 0 fully saturated rings. The average molecular weight is 289 g/mol. The molecule has 1 rings (SSSR count). The molecule has 0 aliphatic heterocycles. The van der Waals surface area contributed by atoms with Gasteiger partial charge in [0.05, 0.1) is 12.0 Å². The fourth-order valence-corrected chi connectivity index (χ4v) is 1.73. The highest BCUT2D eigenvalue weighted by atomic mass is 19.4. The molecule has 2 unspecified atom stereocenters. The van der Waals surface area contributed by atoms with Gasteiger partial charge in [0.25, 0.3) is 0 Å². The van der Waals surface area contributed by atoms with Crippen molar-refractivity contribution in [3.63, 3.8) is 0 Å². The van der Waals surface area contributed by atoms with Crippen LogP contribution in [0.4, 0.5) is 13.2 Å². The van der Waals surface area contributed by atoms with E-state index >= 15 is 0 Å². The highest BCUT2D eigenvalue weighted by Crippen LogP contribution is 2.31. The van der Waals surface area contributed by atoms with Gasteiger partial charge in [-0.3, -0.25) is 4.79 Å². The van der Waals surface area contributed by atoms with Gasteiger partial charge in [-0.15, -0.1) is 0 Å². The van der Waals surface area contributed by atoms with Crippen LogP contribution >= 0.6 is 0 Å². The number of halogens is 3. The highest BCUT2D eigenvalue weighted by molar-refractivity contribution is 5.79. The van der Waals surface area contributed by atoms with Gasteiger partial charge in [0.2, 0.25) is 5.91 Å². The second-order valence-corrected chi connectivity index (χ2v) is 4.85. The number of aliphatic hydroxyl groups is 1. The summed E-state index contributed by atoms with van der Waals surface area (Å²) in [5.74, 6) is -0.647. The van der Waals surface area contributed by atoms with Crippen molar-refractivity contribution in [1.29, 1.82) is 0 Å². The minimum absolute atomic E-state index is 0.0543. The van der Waals surface area contributed by atoms with Crippen molar-refractivity contribution in [2.24, 2.45) is 5.92 Å². The largest absolute Gasteiger partial charge is 0.416 e. The summed E-state index contributed by atoms with van der Waals surface area (Å²) in [6.45, 7) is 3.35. The number of benzene rings is 1. The fraction of sp³-hybridized carbons (Fsp3) is 0.500. The molecule has 0 aliphatic rings. The number of hydrogen-bond donors (Lipinski definition) is 2. The maximum absolute atomic E-state index is 12.8. The van der Waals surface area contributed by atoms with Crippen LogP contribution in [0.1, 0.15) is 25.0 Å². The van der Waals surface area contributed by atoms with Gasteiger partial charge in [0, 0.05) is 12.6 Å². The van der Waals surface area contributed by atoms with Crippen molar-refractivity contribution in [2.75, 3.05) is 6.61 Å². The molecule has 1 aromatic carbocycles. The molecule has 0 spiro atoms. The number of amides is 1. The zero-order valence-electron chi connectivity index (χ0n) is 11.4. The fourth-order valence-electron chi connectivity index (χ4n) is 1.73. The van der Waals surface area contributed by atoms with Crippen molar-refractivity contribution >= 4 is 5.91 Å². The molecule has 0 radical (unpaired) electrons. The standard InChI is InChI=1S/C14H18F3NO2/c1-9(8-19)10(2)18-13(20)7-11-5-3-4-6-12(11)14(15,16)17/h3-6,9-10,19H,7-8H2,1-2H3,(H,18,20). The van der Waals surface area contributed by atoms with E-state index in [1.807, 2.05) is 0 Å². The van der Waals surface area contributed by atoms with E-state index in [0.717, 1.165) is 6.07 Å². The van der Waals surface area contributed by atoms with E-state index in [-0.39, 0.29) is 30.6 Å². The first kappa shape index (κ1) is 16.5. The number of carbonyl (C=O) groups is 1. The maximum atomic E-state index is 12.8. The van der Waals surface area contributed by atoms with Gasteiger partial charge in [-0.2, -0.15) is 13.2 Å². The lowest BCUT2D eigenvalue weighted by Gasteiger charge is -2.20. The van der Waals surface area contributed by atoms with Crippen LogP contribution in [0.15, 0.2) is 24.3 Å². The van der Waals surface area contributed by atoms with Gasteiger partial charge in [-0.1, -0.05) is 25.1 Å². The molecule has 1 amide bonds. The zero-order valence-corrected chi connectivity index (χ0v) is 11.4. The van der Waals surface area contributed by atoms with Crippen LogP contribution in [-0.4, -0.2) is 23.7 Å². The summed E-state index contributed by atoms with van der Waals surface area (Å²) < 4.78 is 38.3. The summed E-state index contributed by atoms with van der Waals surface area (Å²) in [5.41, 5.74) is -0.848. The summed E-state index contributed by atoms with van der Waals surface area (Å²) in [7, 11) is 0. The van der Waals surface area contributed by atoms with Crippen molar-refractivity contribution in [2.45, 2.75) is 32.5 Å². The molecular weight excluding hydrogens is 271 g/mol. The Kier molecular flexibility index (Phi) is 5.56. The Hall–Kier alpha value is -1.56. The first-order chi connectivity index (χ1) is 9.25. The predicted molar refractivity (Wildman–Crippen MR) is 69.0 cm³/mol. The highest BCUT2D eigenvalue weighted by Gasteiger charge is 2.33. The molecule has 0 bridgehead atoms. The number of aliphatic hydroxyl groups excluding tert-OH is 1. The van der Waals surface area contributed by atoms with Crippen molar-refractivity contribution in [1.82, 2.24) is 5.32 Å². The molecule has 0 aliphatic carbocycles. The molecule has 3 nitrogen and oxygen atoms in total. The Morgan fingerprint density at radius 1 is 1.30 bits per heavy atom. The molecule has 0 saturated heterocycles. The average Bonchev–Trinajstić information content (AvgIpc) is 2.36. The summed E-state index contributed by atoms with van der Waals surface area (Å²) in [4.78, 5) is 11.8. The topological polar surface area (TPSA) is 49.3 Å². The number of rotatable bonds is 5. The van der Waals surface area contributed by atoms with Crippen LogP contribution in [0.25, 0.3) is 0 Å². The van der Waals surface area contributed by atoms with Crippen LogP contribution in [0.5, 0.6) is 0 Å². The SMILES string of the molecule is CC(CO)C(C)NC(=O)Cc1ccccc1C(F)(F)F. The summed E-state index contributed by atoms with van der Waals surface area (Å²) in [6, 6.07) is 4.72. The van der Waals surface area contributed by atoms with Gasteiger partial charge < -0.3 is 10.4 Å². The third kappa shape index (κ3) is 4.52. The lowest BCUT2D eigenvalue weighted by Crippen LogP contribution is -2.39. The summed E-state index contributed by atoms with van der Waals surface area (Å²) in [5, 5.41) is 11.5. The summed E-state index contributed by atoms with van der Waals surface area (Å²) in [6.07, 6.45) is -4.81. The number of alkyl halides is 3. The first-order valence-electron chi connectivity index (χ1n) is 6.31. The van der Waals surface area contributed by atoms with Gasteiger partial charge in [-0.25, -0.2) is 0 Å². The second-order valence-electron chi connectivity index (χ2n) is 4.85. The Bertz CT molecular complexity index is 460. The predicted octanol–water partition coefficient (Wildman–Crippen LogP) is 2.38. The molecule has 0 heterocycles. The second kappa shape index (κ2) is 6.74. The molecule has 2 N–H and O–H groups in total. The minimum atomic E-state index is -4.47. The van der Waals surface area contributed by atoms with E-state index in [4.69, 9.17) is 5.11 Å². The molecule has 1 aromatic rings. The first-order valence-corrected chi connectivity index (χ1v) is 6.31. The Balaban J connectivity index is 2.77. The molecular formula is C14H18F3NO2. The molecule has 112 valence electrons. The van der Waals surface area contributed by atoms with E-state index in [2.05, 4.69) is 5.32 Å². The Labute approximate surface area is 115 Å². The van der Waals surface area contributed by atoms with E-state index in [0.29, 0.717) is 0 Å². The van der Waals surface area contributed by atoms with Crippen LogP contribution in [0.3, 0.4) is 0 Å². The van der Waals surface area contributed by atoms with Crippen LogP contribution < -0.4 is 5.32 Å². The van der Waals surface area contributed by atoms with E-state index in [1.54, 1.807) is 13.8 Å². The maximum Gasteiger partial charge on any atom is 0.416 e. The normalized spacial score (nSPS) is 14.7. The van der Waals surface area contributed by atoms with Crippen LogP contribution in [0.2, 0.25) is 0 Å². The van der Waals surface area contributed by atoms with E-state index in [9.17, 15) is 18.0 Å². The van der Waals surface area contributed by atoms with Crippen molar-refractivity contribution in [3.05, 3.63) is 35.4 Å². The van der Waals surface area contributed by atoms with E-state index < -0.39 is 17.6 Å². The lowest BCUT2D eigenvalue weighted by atomic mass is 10.0. The van der Waals surface area contributed by atoms with E-state index in [1.165, 1.54) is 18.2 Å². The van der Waals surface area contributed by atoms with Crippen LogP contribution in [-0.2, 0) is 17.4 Å². The van der Waals surface area contributed by atoms with Gasteiger partial charge in [0.15, 0.2) is 0 Å². The molecule has 0 aromatic heterocycles. The molecule has 6 heteroatoms. The number of nitrogens with one attached hydrogen (secondary N) is 1. The monoisotopic (exact) mass is 289 g/mol. The van der Waals surface area contributed by atoms with Gasteiger partial charge in [0.1, 0.15) is 0 Å². The van der Waals surface area contributed by atoms with Crippen LogP contribution in [0, 0.1) is 5.92 Å². The number of hydrogen-bond acceptors (Lipinski definition) is 2. The molecule has 20 heavy (non-hydrogen) atoms.